The van der Waals surface area contributed by atoms with Crippen molar-refractivity contribution in [3.05, 3.63) is 24.7 Å². The van der Waals surface area contributed by atoms with Crippen LogP contribution in [0.25, 0.3) is 0 Å². The van der Waals surface area contributed by atoms with Gasteiger partial charge in [0.1, 0.15) is 0 Å². The second-order valence-electron chi connectivity index (χ2n) is 3.18. The van der Waals surface area contributed by atoms with E-state index in [9.17, 15) is 5.11 Å². The standard InChI is InChI=1S/C11H17NO3/c1-12-5-4-8-6-9(14-2)11(13)10(7-8)15-3/h6-7,13H,1,4-5,12H2,2-3H3. The summed E-state index contributed by atoms with van der Waals surface area (Å²) in [5, 5.41) is 11.5. The number of rotatable bonds is 5. The third kappa shape index (κ3) is 2.76. The van der Waals surface area contributed by atoms with Gasteiger partial charge >= 0.3 is 0 Å². The van der Waals surface area contributed by atoms with E-state index in [1.165, 1.54) is 14.2 Å². The number of methoxy groups -OCH3 is 2. The Morgan fingerprint density at radius 2 is 1.80 bits per heavy atom. The first-order valence-electron chi connectivity index (χ1n) is 4.77. The molecule has 1 aromatic rings. The molecular formula is C11H17NO3. The van der Waals surface area contributed by atoms with Crippen LogP contribution in [0.15, 0.2) is 12.1 Å². The number of aromatic hydroxyl groups is 1. The van der Waals surface area contributed by atoms with E-state index in [1.54, 1.807) is 12.1 Å². The van der Waals surface area contributed by atoms with E-state index in [0.29, 0.717) is 11.5 Å². The Morgan fingerprint density at radius 1 is 1.27 bits per heavy atom. The molecule has 0 radical (unpaired) electrons. The predicted molar refractivity (Wildman–Crippen MR) is 57.1 cm³/mol. The number of phenolic OH excluding ortho intramolecular Hbond substituents is 1. The van der Waals surface area contributed by atoms with Crippen LogP contribution in [0.4, 0.5) is 0 Å². The van der Waals surface area contributed by atoms with Crippen LogP contribution in [0.5, 0.6) is 17.2 Å². The van der Waals surface area contributed by atoms with Gasteiger partial charge in [-0.1, -0.05) is 0 Å². The van der Waals surface area contributed by atoms with Crippen LogP contribution < -0.4 is 14.8 Å². The molecule has 15 heavy (non-hydrogen) atoms. The SMILES string of the molecule is [CH2-][NH2+]CCc1cc(OC)c(O)c(OC)c1. The molecule has 0 spiro atoms. The van der Waals surface area contributed by atoms with Crippen molar-refractivity contribution in [2.24, 2.45) is 0 Å². The summed E-state index contributed by atoms with van der Waals surface area (Å²) in [5.41, 5.74) is 1.06. The molecule has 0 amide bonds. The van der Waals surface area contributed by atoms with Gasteiger partial charge in [-0.3, -0.25) is 0 Å². The maximum Gasteiger partial charge on any atom is 0.200 e. The number of hydrogen-bond acceptors (Lipinski definition) is 3. The quantitative estimate of drug-likeness (QED) is 0.689. The highest BCUT2D eigenvalue weighted by atomic mass is 16.5. The average molecular weight is 211 g/mol. The summed E-state index contributed by atoms with van der Waals surface area (Å²) in [6.45, 7) is 0.886. The Bertz CT molecular complexity index is 301. The lowest BCUT2D eigenvalue weighted by Crippen LogP contribution is -2.77. The van der Waals surface area contributed by atoms with Crippen LogP contribution in [0, 0.1) is 7.05 Å². The van der Waals surface area contributed by atoms with Gasteiger partial charge < -0.3 is 19.9 Å². The number of nitrogens with two attached hydrogens (primary N) is 1. The lowest BCUT2D eigenvalue weighted by molar-refractivity contribution is -0.594. The van der Waals surface area contributed by atoms with Crippen LogP contribution >= 0.6 is 0 Å². The Kier molecular flexibility index (Phi) is 4.24. The van der Waals surface area contributed by atoms with Gasteiger partial charge in [0.05, 0.1) is 20.8 Å². The highest BCUT2D eigenvalue weighted by molar-refractivity contribution is 5.52. The van der Waals surface area contributed by atoms with Crippen molar-refractivity contribution in [3.63, 3.8) is 0 Å². The molecule has 0 bridgehead atoms. The van der Waals surface area contributed by atoms with Crippen molar-refractivity contribution in [1.82, 2.24) is 0 Å². The van der Waals surface area contributed by atoms with Crippen molar-refractivity contribution >= 4 is 0 Å². The molecule has 1 rings (SSSR count). The molecular weight excluding hydrogens is 194 g/mol. The van der Waals surface area contributed by atoms with Crippen molar-refractivity contribution in [2.45, 2.75) is 6.42 Å². The van der Waals surface area contributed by atoms with Crippen LogP contribution in [-0.4, -0.2) is 25.9 Å². The molecule has 84 valence electrons. The van der Waals surface area contributed by atoms with Gasteiger partial charge in [0.25, 0.3) is 0 Å². The smallest absolute Gasteiger partial charge is 0.200 e. The van der Waals surface area contributed by atoms with Crippen molar-refractivity contribution in [3.8, 4) is 17.2 Å². The van der Waals surface area contributed by atoms with Crippen molar-refractivity contribution < 1.29 is 19.9 Å². The van der Waals surface area contributed by atoms with E-state index in [0.717, 1.165) is 18.5 Å². The molecule has 0 atom stereocenters. The second-order valence-corrected chi connectivity index (χ2v) is 3.18. The third-order valence-electron chi connectivity index (χ3n) is 2.18. The minimum absolute atomic E-state index is 0.0438. The Balaban J connectivity index is 2.98. The first-order chi connectivity index (χ1) is 7.22. The molecule has 0 aromatic heterocycles. The lowest BCUT2D eigenvalue weighted by Gasteiger charge is -2.11. The van der Waals surface area contributed by atoms with Gasteiger partial charge in [0.15, 0.2) is 11.5 Å². The van der Waals surface area contributed by atoms with Gasteiger partial charge in [-0.15, -0.1) is 0 Å². The van der Waals surface area contributed by atoms with Crippen LogP contribution in [0.1, 0.15) is 5.56 Å². The van der Waals surface area contributed by atoms with Gasteiger partial charge in [-0.05, 0) is 17.7 Å². The molecule has 0 unspecified atom stereocenters. The van der Waals surface area contributed by atoms with Gasteiger partial charge in [0.2, 0.25) is 5.75 Å². The van der Waals surface area contributed by atoms with Crippen LogP contribution in [-0.2, 0) is 6.42 Å². The molecule has 3 N–H and O–H groups in total. The summed E-state index contributed by atoms with van der Waals surface area (Å²) < 4.78 is 10.1. The first-order valence-corrected chi connectivity index (χ1v) is 4.77. The highest BCUT2D eigenvalue weighted by Gasteiger charge is 2.10. The molecule has 0 aliphatic carbocycles. The monoisotopic (exact) mass is 211 g/mol. The molecule has 0 aliphatic heterocycles. The molecule has 0 aliphatic rings. The van der Waals surface area contributed by atoms with Crippen LogP contribution in [0.2, 0.25) is 0 Å². The summed E-state index contributed by atoms with van der Waals surface area (Å²) in [7, 11) is 6.71. The highest BCUT2D eigenvalue weighted by Crippen LogP contribution is 2.36. The summed E-state index contributed by atoms with van der Waals surface area (Å²) in [5.74, 6) is 0.921. The molecule has 4 nitrogen and oxygen atoms in total. The maximum absolute atomic E-state index is 9.67. The van der Waals surface area contributed by atoms with E-state index in [1.807, 2.05) is 5.32 Å². The minimum atomic E-state index is 0.0438. The molecule has 4 heteroatoms. The maximum atomic E-state index is 9.67. The van der Waals surface area contributed by atoms with Crippen molar-refractivity contribution in [1.29, 1.82) is 0 Å². The predicted octanol–water partition coefficient (Wildman–Crippen LogP) is 0.307. The normalized spacial score (nSPS) is 10.1. The zero-order valence-corrected chi connectivity index (χ0v) is 9.12. The largest absolute Gasteiger partial charge is 0.502 e. The number of ether oxygens (including phenoxy) is 2. The summed E-state index contributed by atoms with van der Waals surface area (Å²) >= 11 is 0. The summed E-state index contributed by atoms with van der Waals surface area (Å²) in [4.78, 5) is 0. The Morgan fingerprint density at radius 3 is 2.20 bits per heavy atom. The van der Waals surface area contributed by atoms with Gasteiger partial charge in [0, 0.05) is 6.42 Å². The van der Waals surface area contributed by atoms with Crippen molar-refractivity contribution in [2.75, 3.05) is 20.8 Å². The third-order valence-corrected chi connectivity index (χ3v) is 2.18. The van der Waals surface area contributed by atoms with Gasteiger partial charge in [-0.2, -0.15) is 7.05 Å². The number of benzene rings is 1. The minimum Gasteiger partial charge on any atom is -0.502 e. The first kappa shape index (κ1) is 11.7. The zero-order valence-electron chi connectivity index (χ0n) is 9.12. The summed E-state index contributed by atoms with van der Waals surface area (Å²) in [6.07, 6.45) is 0.858. The fourth-order valence-corrected chi connectivity index (χ4v) is 1.36. The fourth-order valence-electron chi connectivity index (χ4n) is 1.36. The molecule has 0 saturated heterocycles. The second kappa shape index (κ2) is 5.46. The van der Waals surface area contributed by atoms with E-state index in [-0.39, 0.29) is 5.75 Å². The number of quaternary nitrogens is 1. The lowest BCUT2D eigenvalue weighted by atomic mass is 10.1. The number of hydrogen-bond donors (Lipinski definition) is 2. The van der Waals surface area contributed by atoms with Gasteiger partial charge in [-0.25, -0.2) is 0 Å². The average Bonchev–Trinajstić information content (AvgIpc) is 2.27. The Hall–Kier alpha value is -1.42. The Labute approximate surface area is 89.8 Å². The molecule has 0 saturated carbocycles. The van der Waals surface area contributed by atoms with Crippen LogP contribution in [0.3, 0.4) is 0 Å². The zero-order chi connectivity index (χ0) is 11.3. The molecule has 0 heterocycles. The number of phenols is 1. The topological polar surface area (TPSA) is 55.3 Å². The molecule has 1 aromatic carbocycles. The fraction of sp³-hybridized carbons (Fsp3) is 0.364. The van der Waals surface area contributed by atoms with E-state index >= 15 is 0 Å². The van der Waals surface area contributed by atoms with E-state index in [4.69, 9.17) is 9.47 Å². The molecule has 0 fully saturated rings. The van der Waals surface area contributed by atoms with E-state index < -0.39 is 0 Å². The van der Waals surface area contributed by atoms with E-state index in [2.05, 4.69) is 7.05 Å². The summed E-state index contributed by atoms with van der Waals surface area (Å²) in [6, 6.07) is 3.61.